The SMILES string of the molecule is COc1ccc(C#Cc2ccc(C)cc2)cc1.[3H]PPC. The van der Waals surface area contributed by atoms with Gasteiger partial charge in [0.1, 0.15) is 5.75 Å². The number of rotatable bonds is 2. The molecular formula is C17H20OP2. The van der Waals surface area contributed by atoms with Crippen LogP contribution < -0.4 is 4.74 Å². The van der Waals surface area contributed by atoms with Crippen LogP contribution in [0.4, 0.5) is 0 Å². The predicted molar refractivity (Wildman–Crippen MR) is 94.1 cm³/mol. The Balaban J connectivity index is 0.000000491. The fourth-order valence-electron chi connectivity index (χ4n) is 1.46. The molecule has 1 nitrogen and oxygen atoms in total. The van der Waals surface area contributed by atoms with Crippen molar-refractivity contribution < 1.29 is 4.74 Å². The van der Waals surface area contributed by atoms with Gasteiger partial charge in [-0.3, -0.25) is 0 Å². The summed E-state index contributed by atoms with van der Waals surface area (Å²) in [6.45, 7) is 4.10. The highest BCUT2D eigenvalue weighted by Gasteiger charge is 1.90. The first-order chi connectivity index (χ1) is 10.2. The highest BCUT2D eigenvalue weighted by Crippen LogP contribution is 2.11. The lowest BCUT2D eigenvalue weighted by Crippen LogP contribution is -1.82. The molecule has 0 amide bonds. The molecule has 0 saturated carbocycles. The van der Waals surface area contributed by atoms with E-state index in [4.69, 9.17) is 6.02 Å². The third-order valence-corrected chi connectivity index (χ3v) is 2.49. The van der Waals surface area contributed by atoms with Gasteiger partial charge in [-0.1, -0.05) is 29.5 Å². The normalized spacial score (nSPS) is 10.7. The number of hydrogen-bond donors (Lipinski definition) is 0. The molecule has 0 aliphatic heterocycles. The molecule has 2 aromatic rings. The van der Waals surface area contributed by atoms with Gasteiger partial charge in [0, 0.05) is 11.1 Å². The van der Waals surface area contributed by atoms with E-state index in [2.05, 4.69) is 30.9 Å². The zero-order chi connectivity index (χ0) is 15.5. The molecule has 0 radical (unpaired) electrons. The minimum atomic E-state index is 0.418. The fraction of sp³-hybridized carbons (Fsp3) is 0.176. The Morgan fingerprint density at radius 2 is 1.45 bits per heavy atom. The number of ether oxygens (including phenoxy) is 1. The average Bonchev–Trinajstić information content (AvgIpc) is 2.55. The van der Waals surface area contributed by atoms with Crippen LogP contribution in [-0.4, -0.2) is 15.1 Å². The van der Waals surface area contributed by atoms with E-state index in [-0.39, 0.29) is 0 Å². The Hall–Kier alpha value is -1.34. The number of benzene rings is 2. The lowest BCUT2D eigenvalue weighted by Gasteiger charge is -1.97. The largest absolute Gasteiger partial charge is 0.497 e. The summed E-state index contributed by atoms with van der Waals surface area (Å²) >= 11 is 0. The Bertz CT molecular complexity index is 581. The Kier molecular flexibility index (Phi) is 7.19. The monoisotopic (exact) mass is 304 g/mol. The molecule has 2 atom stereocenters. The van der Waals surface area contributed by atoms with Crippen LogP contribution in [0.1, 0.15) is 16.7 Å². The van der Waals surface area contributed by atoms with Crippen molar-refractivity contribution in [2.45, 2.75) is 6.92 Å². The summed E-state index contributed by atoms with van der Waals surface area (Å²) in [6, 6.07) is 16.0. The molecule has 20 heavy (non-hydrogen) atoms. The summed E-state index contributed by atoms with van der Waals surface area (Å²) in [7, 11) is 2.91. The summed E-state index contributed by atoms with van der Waals surface area (Å²) in [4.78, 5) is 0. The van der Waals surface area contributed by atoms with Crippen molar-refractivity contribution in [1.82, 2.24) is 0 Å². The maximum absolute atomic E-state index is 6.49. The number of aryl methyl sites for hydroxylation is 1. The van der Waals surface area contributed by atoms with Crippen LogP contribution in [0, 0.1) is 18.8 Å². The molecule has 104 valence electrons. The minimum absolute atomic E-state index is 0.418. The Labute approximate surface area is 127 Å². The molecule has 0 N–H and O–H groups in total. The highest BCUT2D eigenvalue weighted by molar-refractivity contribution is 8.02. The molecule has 3 heteroatoms. The fourth-order valence-corrected chi connectivity index (χ4v) is 1.46. The van der Waals surface area contributed by atoms with Gasteiger partial charge in [-0.2, -0.15) is 0 Å². The van der Waals surface area contributed by atoms with E-state index in [1.54, 1.807) is 7.11 Å². The second kappa shape index (κ2) is 9.55. The molecule has 0 bridgehead atoms. The van der Waals surface area contributed by atoms with Gasteiger partial charge in [0.15, 0.2) is 0 Å². The van der Waals surface area contributed by atoms with Crippen LogP contribution in [0.15, 0.2) is 48.5 Å². The Morgan fingerprint density at radius 3 is 1.85 bits per heavy atom. The van der Waals surface area contributed by atoms with E-state index >= 15 is 0 Å². The van der Waals surface area contributed by atoms with Crippen LogP contribution in [-0.2, 0) is 0 Å². The van der Waals surface area contributed by atoms with Crippen molar-refractivity contribution >= 4 is 17.1 Å². The second-order valence-corrected chi connectivity index (χ2v) is 6.09. The maximum atomic E-state index is 6.49. The van der Waals surface area contributed by atoms with Crippen LogP contribution >= 0.6 is 17.1 Å². The second-order valence-electron chi connectivity index (χ2n) is 4.09. The lowest BCUT2D eigenvalue weighted by atomic mass is 10.1. The van der Waals surface area contributed by atoms with Crippen molar-refractivity contribution in [2.75, 3.05) is 13.8 Å². The van der Waals surface area contributed by atoms with Crippen molar-refractivity contribution in [1.29, 1.82) is 1.28 Å². The third-order valence-electron chi connectivity index (χ3n) is 2.49. The molecular weight excluding hydrogens is 282 g/mol. The molecule has 0 aromatic heterocycles. The standard InChI is InChI=1S/C16H14O.CH6P2/c1-13-3-5-14(6-4-13)7-8-15-9-11-16(17-2)12-10-15;1-3-2/h3-6,9-12H,1-2H3;3H,2H2,1H3/i;2T. The van der Waals surface area contributed by atoms with Crippen LogP contribution in [0.25, 0.3) is 0 Å². The van der Waals surface area contributed by atoms with Gasteiger partial charge in [0.05, 0.1) is 8.39 Å². The summed E-state index contributed by atoms with van der Waals surface area (Å²) in [5, 5.41) is 0. The molecule has 0 aliphatic rings. The Morgan fingerprint density at radius 1 is 1.00 bits per heavy atom. The van der Waals surface area contributed by atoms with Crippen molar-refractivity contribution in [2.24, 2.45) is 0 Å². The molecule has 2 unspecified atom stereocenters. The zero-order valence-electron chi connectivity index (χ0n) is 13.0. The summed E-state index contributed by atoms with van der Waals surface area (Å²) in [6.07, 6.45) is 0. The number of hydrogen-bond acceptors (Lipinski definition) is 1. The van der Waals surface area contributed by atoms with Gasteiger partial charge in [0.25, 0.3) is 0 Å². The van der Waals surface area contributed by atoms with Crippen molar-refractivity contribution in [3.63, 3.8) is 0 Å². The molecule has 0 aliphatic carbocycles. The lowest BCUT2D eigenvalue weighted by molar-refractivity contribution is 0.415. The van der Waals surface area contributed by atoms with Crippen LogP contribution in [0.2, 0.25) is 0 Å². The van der Waals surface area contributed by atoms with Gasteiger partial charge in [0.2, 0.25) is 0 Å². The van der Waals surface area contributed by atoms with Crippen molar-refractivity contribution in [3.05, 3.63) is 65.2 Å². The quantitative estimate of drug-likeness (QED) is 0.587. The van der Waals surface area contributed by atoms with E-state index in [0.29, 0.717) is 8.87 Å². The van der Waals surface area contributed by atoms with E-state index < -0.39 is 0 Å². The molecule has 2 rings (SSSR count). The molecule has 0 saturated heterocycles. The van der Waals surface area contributed by atoms with Gasteiger partial charge in [-0.05, 0) is 50.0 Å². The van der Waals surface area contributed by atoms with Crippen LogP contribution in [0.3, 0.4) is 0 Å². The smallest absolute Gasteiger partial charge is 0.118 e. The predicted octanol–water partition coefficient (Wildman–Crippen LogP) is 4.49. The molecule has 2 aromatic carbocycles. The first kappa shape index (κ1) is 15.1. The van der Waals surface area contributed by atoms with E-state index in [1.165, 1.54) is 5.56 Å². The third kappa shape index (κ3) is 6.21. The van der Waals surface area contributed by atoms with E-state index in [1.807, 2.05) is 43.1 Å². The molecule has 0 spiro atoms. The topological polar surface area (TPSA) is 9.23 Å². The minimum Gasteiger partial charge on any atom is -0.497 e. The van der Waals surface area contributed by atoms with Crippen LogP contribution in [0.5, 0.6) is 5.75 Å². The summed E-state index contributed by atoms with van der Waals surface area (Å²) in [5.74, 6) is 7.11. The number of methoxy groups -OCH3 is 1. The van der Waals surface area contributed by atoms with Crippen molar-refractivity contribution in [3.8, 4) is 17.6 Å². The maximum Gasteiger partial charge on any atom is 0.118 e. The molecule has 0 heterocycles. The molecule has 0 fully saturated rings. The average molecular weight is 304 g/mol. The van der Waals surface area contributed by atoms with Gasteiger partial charge in [-0.25, -0.2) is 0 Å². The van der Waals surface area contributed by atoms with Gasteiger partial charge < -0.3 is 4.74 Å². The summed E-state index contributed by atoms with van der Waals surface area (Å²) in [5.41, 5.74) is 3.28. The van der Waals surface area contributed by atoms with Gasteiger partial charge in [-0.15, -0.1) is 17.1 Å². The zero-order valence-corrected chi connectivity index (χ0v) is 14.0. The first-order valence-electron chi connectivity index (χ1n) is 6.76. The van der Waals surface area contributed by atoms with E-state index in [0.717, 1.165) is 25.1 Å². The van der Waals surface area contributed by atoms with E-state index in [9.17, 15) is 0 Å². The summed E-state index contributed by atoms with van der Waals surface area (Å²) < 4.78 is 11.6. The first-order valence-corrected chi connectivity index (χ1v) is 9.26. The highest BCUT2D eigenvalue weighted by atomic mass is 32.0. The van der Waals surface area contributed by atoms with Gasteiger partial charge >= 0.3 is 0 Å².